The fourth-order valence-corrected chi connectivity index (χ4v) is 3.96. The van der Waals surface area contributed by atoms with Gasteiger partial charge in [0, 0.05) is 22.6 Å². The molecule has 1 atom stereocenters. The van der Waals surface area contributed by atoms with Gasteiger partial charge in [-0.2, -0.15) is 0 Å². The van der Waals surface area contributed by atoms with Gasteiger partial charge < -0.3 is 14.5 Å². The van der Waals surface area contributed by atoms with Crippen LogP contribution in [0.2, 0.25) is 0 Å². The van der Waals surface area contributed by atoms with Crippen LogP contribution < -0.4 is 10.9 Å². The van der Waals surface area contributed by atoms with Gasteiger partial charge in [-0.05, 0) is 60.6 Å². The largest absolute Gasteiger partial charge is 0.459 e. The van der Waals surface area contributed by atoms with E-state index in [1.54, 1.807) is 24.3 Å². The summed E-state index contributed by atoms with van der Waals surface area (Å²) >= 11 is 0. The summed E-state index contributed by atoms with van der Waals surface area (Å²) in [6, 6.07) is 13.2. The lowest BCUT2D eigenvalue weighted by molar-refractivity contribution is -0.148. The highest BCUT2D eigenvalue weighted by molar-refractivity contribution is 5.96. The number of amides is 1. The number of hydrogen-bond donors (Lipinski definition) is 1. The van der Waals surface area contributed by atoms with Crippen molar-refractivity contribution < 1.29 is 18.7 Å². The second kappa shape index (κ2) is 8.76. The Bertz CT molecular complexity index is 1180. The number of hydrogen-bond acceptors (Lipinski definition) is 5. The maximum atomic E-state index is 12.8. The van der Waals surface area contributed by atoms with Crippen molar-refractivity contribution in [3.05, 3.63) is 81.2 Å². The number of esters is 1. The molecule has 1 N–H and O–H groups in total. The molecule has 0 aliphatic heterocycles. The Hall–Kier alpha value is -3.41. The number of aryl methyl sites for hydroxylation is 2. The SMILES string of the molecule is CC(C)[C@@H](NC(=O)c1ccccc1)C(=O)OCc1cc(=O)oc2cc3c(cc12)CCC3. The fourth-order valence-electron chi connectivity index (χ4n) is 3.96. The molecule has 0 saturated carbocycles. The summed E-state index contributed by atoms with van der Waals surface area (Å²) in [7, 11) is 0. The third-order valence-electron chi connectivity index (χ3n) is 5.66. The molecule has 0 saturated heterocycles. The molecular formula is C25H25NO5. The van der Waals surface area contributed by atoms with Gasteiger partial charge in [0.15, 0.2) is 0 Å². The first-order chi connectivity index (χ1) is 14.9. The van der Waals surface area contributed by atoms with Gasteiger partial charge in [-0.25, -0.2) is 9.59 Å². The highest BCUT2D eigenvalue weighted by Crippen LogP contribution is 2.28. The molecular weight excluding hydrogens is 394 g/mol. The van der Waals surface area contributed by atoms with Gasteiger partial charge in [-0.15, -0.1) is 0 Å². The predicted molar refractivity (Wildman–Crippen MR) is 117 cm³/mol. The van der Waals surface area contributed by atoms with E-state index < -0.39 is 17.6 Å². The van der Waals surface area contributed by atoms with E-state index in [0.29, 0.717) is 16.7 Å². The van der Waals surface area contributed by atoms with Crippen LogP contribution in [-0.2, 0) is 29.0 Å². The number of rotatable bonds is 6. The monoisotopic (exact) mass is 419 g/mol. The molecule has 1 aliphatic carbocycles. The predicted octanol–water partition coefficient (Wildman–Crippen LogP) is 3.78. The molecule has 0 radical (unpaired) electrons. The molecule has 2 aromatic carbocycles. The Morgan fingerprint density at radius 1 is 1.06 bits per heavy atom. The number of nitrogens with one attached hydrogen (secondary N) is 1. The Balaban J connectivity index is 1.52. The second-order valence-corrected chi connectivity index (χ2v) is 8.23. The van der Waals surface area contributed by atoms with E-state index in [-0.39, 0.29) is 18.4 Å². The minimum Gasteiger partial charge on any atom is -0.459 e. The normalized spacial score (nSPS) is 13.8. The van der Waals surface area contributed by atoms with E-state index in [1.807, 2.05) is 32.0 Å². The molecule has 6 nitrogen and oxygen atoms in total. The molecule has 0 bridgehead atoms. The zero-order valence-electron chi connectivity index (χ0n) is 17.6. The Morgan fingerprint density at radius 3 is 2.48 bits per heavy atom. The highest BCUT2D eigenvalue weighted by Gasteiger charge is 2.26. The van der Waals surface area contributed by atoms with Crippen molar-refractivity contribution in [2.75, 3.05) is 0 Å². The molecule has 31 heavy (non-hydrogen) atoms. The van der Waals surface area contributed by atoms with Gasteiger partial charge in [-0.3, -0.25) is 4.79 Å². The molecule has 160 valence electrons. The van der Waals surface area contributed by atoms with Crippen LogP contribution in [0.5, 0.6) is 0 Å². The van der Waals surface area contributed by atoms with E-state index in [2.05, 4.69) is 5.32 Å². The Kier molecular flexibility index (Phi) is 5.89. The molecule has 1 amide bonds. The Labute approximate surface area is 180 Å². The number of fused-ring (bicyclic) bond motifs is 2. The van der Waals surface area contributed by atoms with E-state index in [9.17, 15) is 14.4 Å². The number of ether oxygens (including phenoxy) is 1. The molecule has 0 unspecified atom stereocenters. The second-order valence-electron chi connectivity index (χ2n) is 8.23. The summed E-state index contributed by atoms with van der Waals surface area (Å²) in [5, 5.41) is 3.54. The van der Waals surface area contributed by atoms with Crippen LogP contribution in [0.3, 0.4) is 0 Å². The van der Waals surface area contributed by atoms with Crippen LogP contribution in [0.15, 0.2) is 57.7 Å². The number of carbonyl (C=O) groups excluding carboxylic acids is 2. The van der Waals surface area contributed by atoms with E-state index in [1.165, 1.54) is 17.2 Å². The minimum absolute atomic E-state index is 0.0653. The summed E-state index contributed by atoms with van der Waals surface area (Å²) in [6.07, 6.45) is 3.05. The van der Waals surface area contributed by atoms with Crippen molar-refractivity contribution in [1.82, 2.24) is 5.32 Å². The van der Waals surface area contributed by atoms with Crippen LogP contribution in [0.1, 0.15) is 47.3 Å². The average Bonchev–Trinajstić information content (AvgIpc) is 3.21. The van der Waals surface area contributed by atoms with Gasteiger partial charge in [0.2, 0.25) is 0 Å². The first-order valence-electron chi connectivity index (χ1n) is 10.5. The van der Waals surface area contributed by atoms with Crippen molar-refractivity contribution in [3.8, 4) is 0 Å². The molecule has 3 aromatic rings. The van der Waals surface area contributed by atoms with E-state index >= 15 is 0 Å². The summed E-state index contributed by atoms with van der Waals surface area (Å²) in [4.78, 5) is 37.3. The summed E-state index contributed by atoms with van der Waals surface area (Å²) in [5.74, 6) is -1.04. The number of benzene rings is 2. The third kappa shape index (κ3) is 4.53. The van der Waals surface area contributed by atoms with Gasteiger partial charge in [0.1, 0.15) is 18.2 Å². The highest BCUT2D eigenvalue weighted by atomic mass is 16.5. The van der Waals surface area contributed by atoms with Gasteiger partial charge >= 0.3 is 11.6 Å². The average molecular weight is 419 g/mol. The Morgan fingerprint density at radius 2 is 1.77 bits per heavy atom. The van der Waals surface area contributed by atoms with Crippen LogP contribution in [-0.4, -0.2) is 17.9 Å². The molecule has 6 heteroatoms. The molecule has 1 aromatic heterocycles. The zero-order chi connectivity index (χ0) is 22.0. The number of carbonyl (C=O) groups is 2. The smallest absolute Gasteiger partial charge is 0.336 e. The molecule has 1 heterocycles. The van der Waals surface area contributed by atoms with Crippen LogP contribution in [0.4, 0.5) is 0 Å². The van der Waals surface area contributed by atoms with Crippen LogP contribution >= 0.6 is 0 Å². The van der Waals surface area contributed by atoms with Gasteiger partial charge in [-0.1, -0.05) is 32.0 Å². The lowest BCUT2D eigenvalue weighted by Gasteiger charge is -2.21. The summed E-state index contributed by atoms with van der Waals surface area (Å²) in [6.45, 7) is 3.62. The van der Waals surface area contributed by atoms with Crippen molar-refractivity contribution in [2.45, 2.75) is 45.8 Å². The molecule has 4 rings (SSSR count). The van der Waals surface area contributed by atoms with Crippen molar-refractivity contribution in [3.63, 3.8) is 0 Å². The van der Waals surface area contributed by atoms with Crippen molar-refractivity contribution in [2.24, 2.45) is 5.92 Å². The maximum Gasteiger partial charge on any atom is 0.336 e. The first-order valence-corrected chi connectivity index (χ1v) is 10.5. The van der Waals surface area contributed by atoms with E-state index in [4.69, 9.17) is 9.15 Å². The minimum atomic E-state index is -0.802. The van der Waals surface area contributed by atoms with E-state index in [0.717, 1.165) is 24.6 Å². The zero-order valence-corrected chi connectivity index (χ0v) is 17.6. The molecule has 1 aliphatic rings. The van der Waals surface area contributed by atoms with Crippen molar-refractivity contribution >= 4 is 22.8 Å². The quantitative estimate of drug-likeness (QED) is 0.485. The lowest BCUT2D eigenvalue weighted by Crippen LogP contribution is -2.45. The van der Waals surface area contributed by atoms with Gasteiger partial charge in [0.05, 0.1) is 0 Å². The van der Waals surface area contributed by atoms with Crippen LogP contribution in [0.25, 0.3) is 11.0 Å². The lowest BCUT2D eigenvalue weighted by atomic mass is 10.0. The van der Waals surface area contributed by atoms with Crippen molar-refractivity contribution in [1.29, 1.82) is 0 Å². The fraction of sp³-hybridized carbons (Fsp3) is 0.320. The summed E-state index contributed by atoms with van der Waals surface area (Å²) in [5.41, 5.74) is 3.55. The van der Waals surface area contributed by atoms with Crippen LogP contribution in [0, 0.1) is 5.92 Å². The molecule has 0 fully saturated rings. The third-order valence-corrected chi connectivity index (χ3v) is 5.66. The maximum absolute atomic E-state index is 12.8. The molecule has 0 spiro atoms. The first kappa shape index (κ1) is 20.8. The topological polar surface area (TPSA) is 85.6 Å². The standard InChI is InChI=1S/C25H25NO5/c1-15(2)23(26-24(28)16-7-4-3-5-8-16)25(29)30-14-19-13-22(27)31-21-12-18-10-6-9-17(18)11-20(19)21/h3-5,7-8,11-13,15,23H,6,9-10,14H2,1-2H3,(H,26,28)/t23-/m1/s1. The summed E-state index contributed by atoms with van der Waals surface area (Å²) < 4.78 is 10.9. The van der Waals surface area contributed by atoms with Gasteiger partial charge in [0.25, 0.3) is 5.91 Å².